The highest BCUT2D eigenvalue weighted by atomic mass is 32.2. The fourth-order valence-corrected chi connectivity index (χ4v) is 2.82. The number of carbonyl (C=O) groups is 5. The summed E-state index contributed by atoms with van der Waals surface area (Å²) in [6.45, 7) is -0.157. The van der Waals surface area contributed by atoms with Crippen LogP contribution in [-0.4, -0.2) is 89.1 Å². The molecule has 0 aliphatic carbocycles. The fraction of sp³-hybridized carbons (Fsp3) is 0.647. The monoisotopic (exact) mass is 477 g/mol. The SMILES string of the molecule is CSCCC(NC(=O)CNC(=O)C(N)CCCN=C(N)N)C(=O)NC(CC(=O)O)C(=O)O. The van der Waals surface area contributed by atoms with Crippen molar-refractivity contribution in [2.45, 2.75) is 43.8 Å². The lowest BCUT2D eigenvalue weighted by Gasteiger charge is -2.21. The molecule has 182 valence electrons. The summed E-state index contributed by atoms with van der Waals surface area (Å²) in [5, 5.41) is 24.7. The molecule has 0 aliphatic heterocycles. The molecule has 0 radical (unpaired) electrons. The summed E-state index contributed by atoms with van der Waals surface area (Å²) in [7, 11) is 0. The Labute approximate surface area is 189 Å². The van der Waals surface area contributed by atoms with Gasteiger partial charge in [0.05, 0.1) is 19.0 Å². The normalized spacial score (nSPS) is 13.2. The number of thioether (sulfide) groups is 1. The molecule has 14 nitrogen and oxygen atoms in total. The molecule has 0 bridgehead atoms. The average molecular weight is 478 g/mol. The Morgan fingerprint density at radius 3 is 2.19 bits per heavy atom. The van der Waals surface area contributed by atoms with Gasteiger partial charge in [0.15, 0.2) is 5.96 Å². The van der Waals surface area contributed by atoms with E-state index in [2.05, 4.69) is 20.9 Å². The number of amides is 3. The number of hydrogen-bond donors (Lipinski definition) is 8. The maximum atomic E-state index is 12.4. The number of nitrogens with two attached hydrogens (primary N) is 3. The third-order valence-corrected chi connectivity index (χ3v) is 4.63. The molecule has 0 rings (SSSR count). The Kier molecular flexibility index (Phi) is 14.2. The van der Waals surface area contributed by atoms with Crippen LogP contribution < -0.4 is 33.2 Å². The maximum Gasteiger partial charge on any atom is 0.326 e. The molecule has 0 aliphatic rings. The lowest BCUT2D eigenvalue weighted by Crippen LogP contribution is -2.54. The summed E-state index contributed by atoms with van der Waals surface area (Å²) in [5.41, 5.74) is 16.1. The van der Waals surface area contributed by atoms with Crippen molar-refractivity contribution in [3.05, 3.63) is 0 Å². The van der Waals surface area contributed by atoms with E-state index in [9.17, 15) is 24.0 Å². The van der Waals surface area contributed by atoms with Crippen LogP contribution in [0.3, 0.4) is 0 Å². The highest BCUT2D eigenvalue weighted by Crippen LogP contribution is 2.03. The number of nitrogens with zero attached hydrogens (tertiary/aromatic N) is 1. The first-order chi connectivity index (χ1) is 15.0. The van der Waals surface area contributed by atoms with Crippen LogP contribution in [0.15, 0.2) is 4.99 Å². The molecule has 3 amide bonds. The van der Waals surface area contributed by atoms with E-state index in [0.717, 1.165) is 0 Å². The molecule has 0 saturated heterocycles. The molecule has 3 atom stereocenters. The van der Waals surface area contributed by atoms with Gasteiger partial charge in [-0.3, -0.25) is 24.2 Å². The standard InChI is InChI=1S/C17H31N7O7S/c1-32-6-4-10(15(29)24-11(16(30)31)7-13(26)27)23-12(25)8-22-14(28)9(18)3-2-5-21-17(19)20/h9-11H,2-8,18H2,1H3,(H,22,28)(H,23,25)(H,24,29)(H,26,27)(H,30,31)(H4,19,20,21). The van der Waals surface area contributed by atoms with E-state index in [0.29, 0.717) is 18.7 Å². The van der Waals surface area contributed by atoms with Gasteiger partial charge in [-0.25, -0.2) is 4.79 Å². The predicted octanol–water partition coefficient (Wildman–Crippen LogP) is -3.23. The number of aliphatic imine (C=N–C) groups is 1. The van der Waals surface area contributed by atoms with E-state index in [1.807, 2.05) is 0 Å². The van der Waals surface area contributed by atoms with Gasteiger partial charge in [0.2, 0.25) is 17.7 Å². The van der Waals surface area contributed by atoms with E-state index in [1.165, 1.54) is 11.8 Å². The van der Waals surface area contributed by atoms with Gasteiger partial charge in [-0.15, -0.1) is 0 Å². The number of nitrogens with one attached hydrogen (secondary N) is 3. The van der Waals surface area contributed by atoms with Crippen LogP contribution in [0.5, 0.6) is 0 Å². The first-order valence-electron chi connectivity index (χ1n) is 9.59. The molecule has 0 heterocycles. The summed E-state index contributed by atoms with van der Waals surface area (Å²) in [6, 6.07) is -3.65. The van der Waals surface area contributed by atoms with E-state index < -0.39 is 60.8 Å². The van der Waals surface area contributed by atoms with Crippen LogP contribution in [0, 0.1) is 0 Å². The third kappa shape index (κ3) is 13.3. The first kappa shape index (κ1) is 28.9. The molecule has 3 unspecified atom stereocenters. The Bertz CT molecular complexity index is 701. The first-order valence-corrected chi connectivity index (χ1v) is 11.0. The number of guanidine groups is 1. The van der Waals surface area contributed by atoms with Gasteiger partial charge in [-0.1, -0.05) is 0 Å². The maximum absolute atomic E-state index is 12.4. The molecule has 0 aromatic heterocycles. The highest BCUT2D eigenvalue weighted by Gasteiger charge is 2.28. The van der Waals surface area contributed by atoms with Crippen molar-refractivity contribution in [1.82, 2.24) is 16.0 Å². The summed E-state index contributed by atoms with van der Waals surface area (Å²) in [6.07, 6.45) is 1.85. The summed E-state index contributed by atoms with van der Waals surface area (Å²) < 4.78 is 0. The molecule has 0 fully saturated rings. The minimum absolute atomic E-state index is 0.0719. The lowest BCUT2D eigenvalue weighted by molar-refractivity contribution is -0.147. The lowest BCUT2D eigenvalue weighted by atomic mass is 10.1. The second kappa shape index (κ2) is 15.7. The van der Waals surface area contributed by atoms with E-state index in [1.54, 1.807) is 6.26 Å². The van der Waals surface area contributed by atoms with Gasteiger partial charge in [0.25, 0.3) is 0 Å². The number of carboxylic acids is 2. The zero-order valence-corrected chi connectivity index (χ0v) is 18.5. The highest BCUT2D eigenvalue weighted by molar-refractivity contribution is 7.98. The molecule has 11 N–H and O–H groups in total. The van der Waals surface area contributed by atoms with Crippen molar-refractivity contribution in [2.24, 2.45) is 22.2 Å². The van der Waals surface area contributed by atoms with Gasteiger partial charge in [-0.2, -0.15) is 11.8 Å². The van der Waals surface area contributed by atoms with Crippen molar-refractivity contribution >= 4 is 47.4 Å². The molecule has 0 saturated carbocycles. The van der Waals surface area contributed by atoms with Gasteiger partial charge in [-0.05, 0) is 31.3 Å². The van der Waals surface area contributed by atoms with Crippen molar-refractivity contribution in [3.8, 4) is 0 Å². The largest absolute Gasteiger partial charge is 0.481 e. The van der Waals surface area contributed by atoms with Gasteiger partial charge >= 0.3 is 11.9 Å². The molecule has 0 aromatic rings. The van der Waals surface area contributed by atoms with Crippen molar-refractivity contribution in [1.29, 1.82) is 0 Å². The molecule has 0 aromatic carbocycles. The molecule has 32 heavy (non-hydrogen) atoms. The second-order valence-corrected chi connectivity index (χ2v) is 7.66. The Hall–Kier alpha value is -3.07. The van der Waals surface area contributed by atoms with Crippen molar-refractivity contribution in [3.63, 3.8) is 0 Å². The van der Waals surface area contributed by atoms with Gasteiger partial charge in [0, 0.05) is 6.54 Å². The van der Waals surface area contributed by atoms with Crippen molar-refractivity contribution < 1.29 is 34.2 Å². The second-order valence-electron chi connectivity index (χ2n) is 6.67. The number of rotatable bonds is 16. The fourth-order valence-electron chi connectivity index (χ4n) is 2.35. The van der Waals surface area contributed by atoms with E-state index in [-0.39, 0.29) is 18.8 Å². The Morgan fingerprint density at radius 2 is 1.66 bits per heavy atom. The van der Waals surface area contributed by atoms with Crippen LogP contribution in [-0.2, 0) is 24.0 Å². The van der Waals surface area contributed by atoms with E-state index in [4.69, 9.17) is 27.4 Å². The molecule has 15 heteroatoms. The number of aliphatic carboxylic acids is 2. The van der Waals surface area contributed by atoms with Crippen LogP contribution >= 0.6 is 11.8 Å². The van der Waals surface area contributed by atoms with Gasteiger partial charge < -0.3 is 43.4 Å². The van der Waals surface area contributed by atoms with Crippen LogP contribution in [0.1, 0.15) is 25.7 Å². The quantitative estimate of drug-likeness (QED) is 0.0622. The van der Waals surface area contributed by atoms with Crippen LogP contribution in [0.25, 0.3) is 0 Å². The third-order valence-electron chi connectivity index (χ3n) is 3.98. The summed E-state index contributed by atoms with van der Waals surface area (Å²) in [4.78, 5) is 62.2. The van der Waals surface area contributed by atoms with Crippen LogP contribution in [0.2, 0.25) is 0 Å². The Balaban J connectivity index is 4.74. The van der Waals surface area contributed by atoms with Crippen LogP contribution in [0.4, 0.5) is 0 Å². The number of carboxylic acid groups (broad SMARTS) is 2. The van der Waals surface area contributed by atoms with Crippen molar-refractivity contribution in [2.75, 3.05) is 25.1 Å². The number of hydrogen-bond acceptors (Lipinski definition) is 8. The molecular formula is C17H31N7O7S. The topological polar surface area (TPSA) is 252 Å². The molecule has 0 spiro atoms. The molecular weight excluding hydrogens is 446 g/mol. The smallest absolute Gasteiger partial charge is 0.326 e. The summed E-state index contributed by atoms with van der Waals surface area (Å²) >= 11 is 1.39. The zero-order chi connectivity index (χ0) is 24.7. The zero-order valence-electron chi connectivity index (χ0n) is 17.7. The van der Waals surface area contributed by atoms with Gasteiger partial charge in [0.1, 0.15) is 12.1 Å². The number of carbonyl (C=O) groups excluding carboxylic acids is 3. The predicted molar refractivity (Wildman–Crippen MR) is 118 cm³/mol. The summed E-state index contributed by atoms with van der Waals surface area (Å²) in [5.74, 6) is -4.65. The van der Waals surface area contributed by atoms with E-state index >= 15 is 0 Å². The minimum atomic E-state index is -1.65. The average Bonchev–Trinajstić information content (AvgIpc) is 2.70. The minimum Gasteiger partial charge on any atom is -0.481 e. The Morgan fingerprint density at radius 1 is 1.00 bits per heavy atom.